The van der Waals surface area contributed by atoms with Crippen molar-refractivity contribution in [2.45, 2.75) is 33.0 Å². The van der Waals surface area contributed by atoms with Crippen LogP contribution in [0.25, 0.3) is 22.3 Å². The molecule has 0 saturated heterocycles. The van der Waals surface area contributed by atoms with Crippen LogP contribution in [-0.2, 0) is 13.1 Å². The predicted octanol–water partition coefficient (Wildman–Crippen LogP) is 4.01. The number of anilines is 2. The quantitative estimate of drug-likeness (QED) is 0.298. The molecule has 0 aliphatic carbocycles. The highest BCUT2D eigenvalue weighted by molar-refractivity contribution is 5.82. The second-order valence-corrected chi connectivity index (χ2v) is 8.05. The lowest BCUT2D eigenvalue weighted by atomic mass is 10.1. The maximum absolute atomic E-state index is 8.26. The van der Waals surface area contributed by atoms with Crippen molar-refractivity contribution in [3.05, 3.63) is 66.0 Å². The largest absolute Gasteiger partial charge is 0.354 e. The SMILES string of the molecule is CC(C)NC(=N)N1Cc2ccc(-c3nccc(Nc4ccc5[nH]ncc5c4)n3)cc2C1. The summed E-state index contributed by atoms with van der Waals surface area (Å²) < 4.78 is 0. The molecule has 4 N–H and O–H groups in total. The van der Waals surface area contributed by atoms with Crippen molar-refractivity contribution in [1.82, 2.24) is 30.4 Å². The highest BCUT2D eigenvalue weighted by atomic mass is 15.3. The van der Waals surface area contributed by atoms with Gasteiger partial charge in [-0.25, -0.2) is 9.97 Å². The van der Waals surface area contributed by atoms with E-state index in [0.717, 1.165) is 34.5 Å². The molecule has 4 aromatic rings. The Morgan fingerprint density at radius 1 is 1.10 bits per heavy atom. The van der Waals surface area contributed by atoms with Crippen LogP contribution < -0.4 is 10.6 Å². The lowest BCUT2D eigenvalue weighted by Crippen LogP contribution is -2.40. The van der Waals surface area contributed by atoms with Crippen molar-refractivity contribution in [1.29, 1.82) is 5.41 Å². The number of hydrogen-bond donors (Lipinski definition) is 4. The van der Waals surface area contributed by atoms with Gasteiger partial charge in [0, 0.05) is 42.0 Å². The first-order valence-corrected chi connectivity index (χ1v) is 10.3. The predicted molar refractivity (Wildman–Crippen MR) is 122 cm³/mol. The summed E-state index contributed by atoms with van der Waals surface area (Å²) in [5, 5.41) is 22.8. The molecule has 0 radical (unpaired) electrons. The van der Waals surface area contributed by atoms with Gasteiger partial charge in [0.05, 0.1) is 11.7 Å². The van der Waals surface area contributed by atoms with Gasteiger partial charge in [0.15, 0.2) is 11.8 Å². The molecule has 0 spiro atoms. The number of aromatic nitrogens is 4. The lowest BCUT2D eigenvalue weighted by Gasteiger charge is -2.21. The van der Waals surface area contributed by atoms with E-state index in [1.165, 1.54) is 11.1 Å². The first-order chi connectivity index (χ1) is 15.0. The summed E-state index contributed by atoms with van der Waals surface area (Å²) in [7, 11) is 0. The summed E-state index contributed by atoms with van der Waals surface area (Å²) in [4.78, 5) is 11.2. The van der Waals surface area contributed by atoms with Crippen LogP contribution in [-0.4, -0.2) is 37.1 Å². The summed E-state index contributed by atoms with van der Waals surface area (Å²) in [6, 6.07) is 14.4. The van der Waals surface area contributed by atoms with Gasteiger partial charge in [-0.15, -0.1) is 0 Å². The average molecular weight is 413 g/mol. The van der Waals surface area contributed by atoms with E-state index in [-0.39, 0.29) is 6.04 Å². The minimum atomic E-state index is 0.240. The van der Waals surface area contributed by atoms with Crippen LogP contribution in [0.3, 0.4) is 0 Å². The molecule has 1 aliphatic rings. The van der Waals surface area contributed by atoms with Crippen LogP contribution in [0.5, 0.6) is 0 Å². The van der Waals surface area contributed by atoms with Gasteiger partial charge in [0.25, 0.3) is 0 Å². The Balaban J connectivity index is 1.35. The van der Waals surface area contributed by atoms with E-state index in [1.54, 1.807) is 12.4 Å². The van der Waals surface area contributed by atoms with Gasteiger partial charge in [-0.2, -0.15) is 5.10 Å². The number of hydrogen-bond acceptors (Lipinski definition) is 5. The summed E-state index contributed by atoms with van der Waals surface area (Å²) >= 11 is 0. The highest BCUT2D eigenvalue weighted by Gasteiger charge is 2.22. The van der Waals surface area contributed by atoms with E-state index in [2.05, 4.69) is 44.0 Å². The Morgan fingerprint density at radius 2 is 1.97 bits per heavy atom. The molecule has 156 valence electrons. The highest BCUT2D eigenvalue weighted by Crippen LogP contribution is 2.28. The smallest absolute Gasteiger partial charge is 0.191 e. The third-order valence-corrected chi connectivity index (χ3v) is 5.30. The molecule has 8 heteroatoms. The molecule has 31 heavy (non-hydrogen) atoms. The zero-order valence-corrected chi connectivity index (χ0v) is 17.5. The Hall–Kier alpha value is -3.94. The van der Waals surface area contributed by atoms with Gasteiger partial charge < -0.3 is 15.5 Å². The number of guanidine groups is 1. The molecule has 0 fully saturated rings. The van der Waals surface area contributed by atoms with E-state index in [1.807, 2.05) is 43.0 Å². The third kappa shape index (κ3) is 3.92. The van der Waals surface area contributed by atoms with E-state index in [4.69, 9.17) is 10.4 Å². The maximum Gasteiger partial charge on any atom is 0.191 e. The molecule has 3 heterocycles. The fourth-order valence-corrected chi connectivity index (χ4v) is 3.79. The first kappa shape index (κ1) is 19.0. The maximum atomic E-state index is 8.26. The Kier molecular flexibility index (Phi) is 4.74. The van der Waals surface area contributed by atoms with E-state index >= 15 is 0 Å². The fraction of sp³-hybridized carbons (Fsp3) is 0.217. The Morgan fingerprint density at radius 3 is 2.84 bits per heavy atom. The van der Waals surface area contributed by atoms with Crippen LogP contribution in [0.1, 0.15) is 25.0 Å². The summed E-state index contributed by atoms with van der Waals surface area (Å²) in [6.07, 6.45) is 3.57. The Bertz CT molecular complexity index is 1260. The molecular weight excluding hydrogens is 388 g/mol. The van der Waals surface area contributed by atoms with Gasteiger partial charge in [-0.05, 0) is 55.3 Å². The number of nitrogens with one attached hydrogen (secondary N) is 4. The average Bonchev–Trinajstić information content (AvgIpc) is 3.39. The minimum absolute atomic E-state index is 0.240. The van der Waals surface area contributed by atoms with Crippen LogP contribution in [0.15, 0.2) is 54.9 Å². The fourth-order valence-electron chi connectivity index (χ4n) is 3.79. The van der Waals surface area contributed by atoms with Gasteiger partial charge in [-0.3, -0.25) is 10.5 Å². The van der Waals surface area contributed by atoms with Crippen LogP contribution in [0, 0.1) is 5.41 Å². The zero-order chi connectivity index (χ0) is 21.4. The topological polar surface area (TPSA) is 106 Å². The molecule has 0 amide bonds. The van der Waals surface area contributed by atoms with E-state index < -0.39 is 0 Å². The summed E-state index contributed by atoms with van der Waals surface area (Å²) in [5.41, 5.74) is 5.36. The second kappa shape index (κ2) is 7.71. The number of fused-ring (bicyclic) bond motifs is 2. The van der Waals surface area contributed by atoms with Crippen LogP contribution in [0.2, 0.25) is 0 Å². The van der Waals surface area contributed by atoms with Crippen molar-refractivity contribution < 1.29 is 0 Å². The van der Waals surface area contributed by atoms with Gasteiger partial charge in [0.2, 0.25) is 0 Å². The van der Waals surface area contributed by atoms with Crippen LogP contribution in [0.4, 0.5) is 11.5 Å². The molecule has 2 aromatic carbocycles. The zero-order valence-electron chi connectivity index (χ0n) is 17.5. The number of H-pyrrole nitrogens is 1. The van der Waals surface area contributed by atoms with Crippen molar-refractivity contribution in [2.24, 2.45) is 0 Å². The van der Waals surface area contributed by atoms with Crippen molar-refractivity contribution in [2.75, 3.05) is 5.32 Å². The minimum Gasteiger partial charge on any atom is -0.354 e. The molecule has 0 bridgehead atoms. The molecular formula is C23H24N8. The second-order valence-electron chi connectivity index (χ2n) is 8.05. The number of aromatic amines is 1. The van der Waals surface area contributed by atoms with Gasteiger partial charge in [-0.1, -0.05) is 12.1 Å². The van der Waals surface area contributed by atoms with Gasteiger partial charge in [0.1, 0.15) is 5.82 Å². The lowest BCUT2D eigenvalue weighted by molar-refractivity contribution is 0.418. The van der Waals surface area contributed by atoms with Crippen molar-refractivity contribution in [3.8, 4) is 11.4 Å². The molecule has 0 atom stereocenters. The van der Waals surface area contributed by atoms with Crippen molar-refractivity contribution in [3.63, 3.8) is 0 Å². The standard InChI is InChI=1S/C23H24N8/c1-14(2)27-23(24)31-12-16-4-3-15(9-18(16)13-31)22-25-8-7-21(29-22)28-19-5-6-20-17(10-19)11-26-30-20/h3-11,14H,12-13H2,1-2H3,(H2,24,27)(H,26,30)(H,25,28,29). The van der Waals surface area contributed by atoms with E-state index in [0.29, 0.717) is 18.3 Å². The molecule has 0 unspecified atom stereocenters. The number of benzene rings is 2. The molecule has 1 aliphatic heterocycles. The Labute approximate surface area is 180 Å². The molecule has 5 rings (SSSR count). The summed E-state index contributed by atoms with van der Waals surface area (Å²) in [6.45, 7) is 5.54. The third-order valence-electron chi connectivity index (χ3n) is 5.30. The number of nitrogens with zero attached hydrogens (tertiary/aromatic N) is 4. The molecule has 8 nitrogen and oxygen atoms in total. The van der Waals surface area contributed by atoms with Crippen LogP contribution >= 0.6 is 0 Å². The number of rotatable bonds is 4. The van der Waals surface area contributed by atoms with Gasteiger partial charge >= 0.3 is 0 Å². The van der Waals surface area contributed by atoms with E-state index in [9.17, 15) is 0 Å². The molecule has 2 aromatic heterocycles. The summed E-state index contributed by atoms with van der Waals surface area (Å²) in [5.74, 6) is 1.87. The van der Waals surface area contributed by atoms with Crippen molar-refractivity contribution >= 4 is 28.4 Å². The first-order valence-electron chi connectivity index (χ1n) is 10.3. The normalized spacial score (nSPS) is 12.9. The molecule has 0 saturated carbocycles. The monoisotopic (exact) mass is 412 g/mol.